The predicted molar refractivity (Wildman–Crippen MR) is 130 cm³/mol. The van der Waals surface area contributed by atoms with Gasteiger partial charge in [-0.05, 0) is 22.8 Å². The fourth-order valence-corrected chi connectivity index (χ4v) is 4.95. The molecule has 148 valence electrons. The normalized spacial score (nSPS) is 12.2. The van der Waals surface area contributed by atoms with Crippen molar-refractivity contribution in [3.63, 3.8) is 0 Å². The summed E-state index contributed by atoms with van der Waals surface area (Å²) >= 11 is 0. The monoisotopic (exact) mass is 406 g/mol. The Kier molecular flexibility index (Phi) is 3.58. The highest BCUT2D eigenvalue weighted by atomic mass is 14.8. The molecule has 2 heteroatoms. The first-order chi connectivity index (χ1) is 15.9. The minimum atomic E-state index is 0.982. The topological polar surface area (TPSA) is 24.7 Å². The van der Waals surface area contributed by atoms with Crippen molar-refractivity contribution in [3.05, 3.63) is 120 Å². The van der Waals surface area contributed by atoms with Crippen LogP contribution in [0.4, 0.5) is 11.4 Å². The molecule has 5 aromatic rings. The van der Waals surface area contributed by atoms with E-state index in [0.29, 0.717) is 0 Å². The van der Waals surface area contributed by atoms with Gasteiger partial charge in [0.15, 0.2) is 0 Å². The fraction of sp³-hybridized carbons (Fsp3) is 0. The summed E-state index contributed by atoms with van der Waals surface area (Å²) in [4.78, 5) is 10.2. The molecule has 2 aliphatic heterocycles. The zero-order valence-electron chi connectivity index (χ0n) is 17.3. The van der Waals surface area contributed by atoms with Gasteiger partial charge in [0.1, 0.15) is 0 Å². The summed E-state index contributed by atoms with van der Waals surface area (Å²) in [6.45, 7) is 0. The number of nitrogens with zero attached hydrogens (tertiary/aromatic N) is 2. The smallest absolute Gasteiger partial charge is 0.0979 e. The number of hydrogen-bond acceptors (Lipinski definition) is 2. The Morgan fingerprint density at radius 2 is 0.938 bits per heavy atom. The van der Waals surface area contributed by atoms with Crippen molar-refractivity contribution in [2.45, 2.75) is 0 Å². The zero-order chi connectivity index (χ0) is 21.1. The standard InChI is InChI=1S/C30H18N2/c1-3-9-19(10-4-1)21-15-16-24-25-18-17-23-22-13-7-8-14-26(22)31-29(23)30(25)32-28(24)27(21)20-11-5-2-6-12-20/h1-18H. The highest BCUT2D eigenvalue weighted by Crippen LogP contribution is 2.46. The van der Waals surface area contributed by atoms with Crippen LogP contribution in [0, 0.1) is 0 Å². The SMILES string of the molecule is c1ccc(-c2ccc3c(c2-c2ccccc2)N=c2c-3ccc3c2=Nc2ccccc2-3)cc1. The van der Waals surface area contributed by atoms with E-state index >= 15 is 0 Å². The van der Waals surface area contributed by atoms with E-state index in [1.807, 2.05) is 6.07 Å². The third kappa shape index (κ3) is 2.41. The molecular weight excluding hydrogens is 388 g/mol. The number of rotatable bonds is 2. The second-order valence-electron chi connectivity index (χ2n) is 8.21. The average molecular weight is 406 g/mol. The highest BCUT2D eigenvalue weighted by molar-refractivity contribution is 5.99. The number of benzene rings is 5. The van der Waals surface area contributed by atoms with Crippen LogP contribution in [0.1, 0.15) is 0 Å². The summed E-state index contributed by atoms with van der Waals surface area (Å²) < 4.78 is 0. The van der Waals surface area contributed by atoms with Gasteiger partial charge in [0, 0.05) is 27.8 Å². The van der Waals surface area contributed by atoms with Crippen LogP contribution in [0.2, 0.25) is 0 Å². The van der Waals surface area contributed by atoms with Crippen LogP contribution in [-0.4, -0.2) is 0 Å². The molecule has 0 fully saturated rings. The maximum absolute atomic E-state index is 5.24. The molecule has 0 saturated carbocycles. The van der Waals surface area contributed by atoms with Crippen LogP contribution >= 0.6 is 0 Å². The largest absolute Gasteiger partial charge is 0.245 e. The molecule has 5 aromatic carbocycles. The van der Waals surface area contributed by atoms with E-state index in [2.05, 4.69) is 103 Å². The van der Waals surface area contributed by atoms with E-state index in [-0.39, 0.29) is 0 Å². The van der Waals surface area contributed by atoms with E-state index in [1.54, 1.807) is 0 Å². The summed E-state index contributed by atoms with van der Waals surface area (Å²) in [6, 6.07) is 38.3. The lowest BCUT2D eigenvalue weighted by Crippen LogP contribution is -2.25. The van der Waals surface area contributed by atoms with E-state index in [9.17, 15) is 0 Å². The summed E-state index contributed by atoms with van der Waals surface area (Å²) in [5, 5.41) is 1.97. The first-order valence-electron chi connectivity index (χ1n) is 10.9. The summed E-state index contributed by atoms with van der Waals surface area (Å²) in [7, 11) is 0. The van der Waals surface area contributed by atoms with Gasteiger partial charge in [-0.3, -0.25) is 0 Å². The highest BCUT2D eigenvalue weighted by Gasteiger charge is 2.25. The van der Waals surface area contributed by atoms with Crippen LogP contribution in [0.15, 0.2) is 119 Å². The van der Waals surface area contributed by atoms with Crippen molar-refractivity contribution < 1.29 is 0 Å². The Balaban J connectivity index is 1.56. The number of fused-ring (bicyclic) bond motifs is 7. The lowest BCUT2D eigenvalue weighted by Gasteiger charge is -2.14. The molecule has 2 aliphatic rings. The fourth-order valence-electron chi connectivity index (χ4n) is 4.95. The van der Waals surface area contributed by atoms with Crippen LogP contribution in [0.25, 0.3) is 44.5 Å². The molecular formula is C30H18N2. The van der Waals surface area contributed by atoms with Crippen molar-refractivity contribution >= 4 is 11.4 Å². The first-order valence-corrected chi connectivity index (χ1v) is 10.9. The molecule has 0 aliphatic carbocycles. The van der Waals surface area contributed by atoms with E-state index in [0.717, 1.165) is 27.7 Å². The van der Waals surface area contributed by atoms with Gasteiger partial charge in [-0.1, -0.05) is 103 Å². The average Bonchev–Trinajstić information content (AvgIpc) is 3.43. The second-order valence-corrected chi connectivity index (χ2v) is 8.21. The molecule has 0 bridgehead atoms. The molecule has 0 N–H and O–H groups in total. The molecule has 0 radical (unpaired) electrons. The summed E-state index contributed by atoms with van der Waals surface area (Å²) in [5.74, 6) is 0. The molecule has 0 atom stereocenters. The van der Waals surface area contributed by atoms with Crippen LogP contribution < -0.4 is 10.7 Å². The van der Waals surface area contributed by atoms with E-state index < -0.39 is 0 Å². The minimum absolute atomic E-state index is 0.982. The molecule has 0 amide bonds. The second kappa shape index (κ2) is 6.60. The Morgan fingerprint density at radius 1 is 0.375 bits per heavy atom. The zero-order valence-corrected chi connectivity index (χ0v) is 17.3. The van der Waals surface area contributed by atoms with Gasteiger partial charge < -0.3 is 0 Å². The number of para-hydroxylation sites is 1. The predicted octanol–water partition coefficient (Wildman–Crippen LogP) is 6.88. The lowest BCUT2D eigenvalue weighted by atomic mass is 9.90. The lowest BCUT2D eigenvalue weighted by molar-refractivity contribution is 1.29. The molecule has 0 aromatic heterocycles. The maximum atomic E-state index is 5.24. The van der Waals surface area contributed by atoms with Crippen molar-refractivity contribution in [1.82, 2.24) is 0 Å². The van der Waals surface area contributed by atoms with Gasteiger partial charge in [0.25, 0.3) is 0 Å². The third-order valence-corrected chi connectivity index (χ3v) is 6.42. The summed E-state index contributed by atoms with van der Waals surface area (Å²) in [6.07, 6.45) is 0. The Labute approximate surface area is 185 Å². The van der Waals surface area contributed by atoms with Gasteiger partial charge in [0.05, 0.1) is 22.1 Å². The van der Waals surface area contributed by atoms with Gasteiger partial charge >= 0.3 is 0 Å². The molecule has 0 saturated heterocycles. The van der Waals surface area contributed by atoms with Crippen LogP contribution in [0.5, 0.6) is 0 Å². The molecule has 0 spiro atoms. The van der Waals surface area contributed by atoms with Crippen LogP contribution in [-0.2, 0) is 0 Å². The molecule has 2 nitrogen and oxygen atoms in total. The first kappa shape index (κ1) is 17.4. The third-order valence-electron chi connectivity index (χ3n) is 6.42. The van der Waals surface area contributed by atoms with Gasteiger partial charge in [-0.2, -0.15) is 0 Å². The quantitative estimate of drug-likeness (QED) is 0.299. The van der Waals surface area contributed by atoms with E-state index in [4.69, 9.17) is 9.98 Å². The Hall–Kier alpha value is -4.30. The Morgan fingerprint density at radius 3 is 1.72 bits per heavy atom. The van der Waals surface area contributed by atoms with Gasteiger partial charge in [-0.15, -0.1) is 0 Å². The minimum Gasteiger partial charge on any atom is -0.245 e. The molecule has 7 rings (SSSR count). The van der Waals surface area contributed by atoms with Crippen molar-refractivity contribution in [3.8, 4) is 44.5 Å². The summed E-state index contributed by atoms with van der Waals surface area (Å²) in [5.41, 5.74) is 11.5. The maximum Gasteiger partial charge on any atom is 0.0979 e. The molecule has 0 unspecified atom stereocenters. The van der Waals surface area contributed by atoms with Gasteiger partial charge in [-0.25, -0.2) is 9.98 Å². The molecule has 2 heterocycles. The Bertz CT molecular complexity index is 1650. The van der Waals surface area contributed by atoms with Gasteiger partial charge in [0.2, 0.25) is 0 Å². The van der Waals surface area contributed by atoms with Crippen molar-refractivity contribution in [2.75, 3.05) is 0 Å². The van der Waals surface area contributed by atoms with Crippen LogP contribution in [0.3, 0.4) is 0 Å². The van der Waals surface area contributed by atoms with Crippen molar-refractivity contribution in [1.29, 1.82) is 0 Å². The molecule has 32 heavy (non-hydrogen) atoms. The van der Waals surface area contributed by atoms with E-state index in [1.165, 1.54) is 38.9 Å². The number of hydrogen-bond donors (Lipinski definition) is 0. The van der Waals surface area contributed by atoms with Crippen molar-refractivity contribution in [2.24, 2.45) is 9.98 Å².